The molecular formula is C13H10BrF2NOS. The Morgan fingerprint density at radius 2 is 2.00 bits per heavy atom. The van der Waals surface area contributed by atoms with Crippen LogP contribution in [0.2, 0.25) is 0 Å². The van der Waals surface area contributed by atoms with E-state index >= 15 is 0 Å². The van der Waals surface area contributed by atoms with Crippen LogP contribution in [-0.2, 0) is 6.42 Å². The second kappa shape index (κ2) is 5.79. The predicted octanol–water partition coefficient (Wildman–Crippen LogP) is 4.60. The summed E-state index contributed by atoms with van der Waals surface area (Å²) in [5, 5.41) is 4.06. The van der Waals surface area contributed by atoms with Gasteiger partial charge in [-0.15, -0.1) is 11.3 Å². The zero-order valence-corrected chi connectivity index (χ0v) is 12.4. The molecule has 2 nitrogen and oxygen atoms in total. The Kier molecular flexibility index (Phi) is 4.31. The Morgan fingerprint density at radius 3 is 2.58 bits per heavy atom. The molecule has 0 bridgehead atoms. The van der Waals surface area contributed by atoms with Crippen molar-refractivity contribution in [3.05, 3.63) is 50.1 Å². The summed E-state index contributed by atoms with van der Waals surface area (Å²) in [6.45, 7) is 1.92. The summed E-state index contributed by atoms with van der Waals surface area (Å²) in [5.74, 6) is -2.11. The molecule has 0 saturated carbocycles. The minimum absolute atomic E-state index is 0.283. The lowest BCUT2D eigenvalue weighted by Crippen LogP contribution is -2.14. The lowest BCUT2D eigenvalue weighted by atomic mass is 10.2. The van der Waals surface area contributed by atoms with Gasteiger partial charge in [0.25, 0.3) is 5.91 Å². The highest BCUT2D eigenvalue weighted by atomic mass is 79.9. The molecule has 2 aromatic rings. The number of thiophene rings is 1. The number of halogens is 3. The number of aryl methyl sites for hydroxylation is 1. The highest BCUT2D eigenvalue weighted by Crippen LogP contribution is 2.25. The number of hydrogen-bond donors (Lipinski definition) is 1. The fourth-order valence-electron chi connectivity index (χ4n) is 1.65. The minimum Gasteiger partial charge on any atom is -0.316 e. The second-order valence-corrected chi connectivity index (χ2v) is 5.66. The number of rotatable bonds is 3. The number of anilines is 1. The van der Waals surface area contributed by atoms with Crippen molar-refractivity contribution >= 4 is 38.9 Å². The number of nitrogens with one attached hydrogen (secondary N) is 1. The quantitative estimate of drug-likeness (QED) is 0.864. The Balaban J connectivity index is 2.29. The van der Waals surface area contributed by atoms with Gasteiger partial charge < -0.3 is 5.32 Å². The van der Waals surface area contributed by atoms with E-state index in [4.69, 9.17) is 0 Å². The summed E-state index contributed by atoms with van der Waals surface area (Å²) in [7, 11) is 0. The number of benzene rings is 1. The molecule has 0 aliphatic heterocycles. The zero-order valence-electron chi connectivity index (χ0n) is 9.97. The fraction of sp³-hybridized carbons (Fsp3) is 0.154. The molecule has 0 aliphatic carbocycles. The van der Waals surface area contributed by atoms with Crippen LogP contribution in [0.25, 0.3) is 0 Å². The van der Waals surface area contributed by atoms with Gasteiger partial charge in [0.05, 0.1) is 4.88 Å². The molecule has 1 aromatic carbocycles. The van der Waals surface area contributed by atoms with Crippen LogP contribution in [0.5, 0.6) is 0 Å². The van der Waals surface area contributed by atoms with E-state index in [-0.39, 0.29) is 4.47 Å². The van der Waals surface area contributed by atoms with Crippen molar-refractivity contribution in [2.45, 2.75) is 13.3 Å². The third-order valence-corrected chi connectivity index (χ3v) is 3.99. The first-order valence-electron chi connectivity index (χ1n) is 5.55. The lowest BCUT2D eigenvalue weighted by Gasteiger charge is -2.08. The van der Waals surface area contributed by atoms with E-state index in [1.54, 1.807) is 5.38 Å². The molecule has 0 unspecified atom stereocenters. The number of hydrogen-bond acceptors (Lipinski definition) is 2. The Morgan fingerprint density at radius 1 is 1.37 bits per heavy atom. The van der Waals surface area contributed by atoms with E-state index in [0.717, 1.165) is 17.7 Å². The van der Waals surface area contributed by atoms with Crippen molar-refractivity contribution in [2.24, 2.45) is 0 Å². The van der Waals surface area contributed by atoms with E-state index in [1.807, 2.05) is 13.0 Å². The van der Waals surface area contributed by atoms with Crippen LogP contribution in [0, 0.1) is 11.6 Å². The Labute approximate surface area is 121 Å². The minimum atomic E-state index is -0.810. The summed E-state index contributed by atoms with van der Waals surface area (Å²) >= 11 is 4.23. The molecular weight excluding hydrogens is 336 g/mol. The summed E-state index contributed by atoms with van der Waals surface area (Å²) < 4.78 is 27.5. The van der Waals surface area contributed by atoms with E-state index in [1.165, 1.54) is 11.3 Å². The highest BCUT2D eigenvalue weighted by molar-refractivity contribution is 9.10. The summed E-state index contributed by atoms with van der Waals surface area (Å²) in [5.41, 5.74) is 0.434. The van der Waals surface area contributed by atoms with Gasteiger partial charge in [0.2, 0.25) is 0 Å². The van der Waals surface area contributed by atoms with Gasteiger partial charge in [0, 0.05) is 4.47 Å². The SMILES string of the molecule is CCc1ccsc1C(=O)Nc1c(F)cc(Br)cc1F. The summed E-state index contributed by atoms with van der Waals surface area (Å²) in [6.07, 6.45) is 0.692. The van der Waals surface area contributed by atoms with Gasteiger partial charge in [0.15, 0.2) is 11.6 Å². The largest absolute Gasteiger partial charge is 0.316 e. The van der Waals surface area contributed by atoms with E-state index < -0.39 is 23.2 Å². The Hall–Kier alpha value is -1.27. The maximum Gasteiger partial charge on any atom is 0.266 e. The predicted molar refractivity (Wildman–Crippen MR) is 75.7 cm³/mol. The van der Waals surface area contributed by atoms with Gasteiger partial charge in [-0.1, -0.05) is 22.9 Å². The Bertz CT molecular complexity index is 604. The monoisotopic (exact) mass is 345 g/mol. The zero-order chi connectivity index (χ0) is 14.0. The average molecular weight is 346 g/mol. The van der Waals surface area contributed by atoms with Crippen LogP contribution in [0.1, 0.15) is 22.2 Å². The molecule has 0 radical (unpaired) electrons. The van der Waals surface area contributed by atoms with Gasteiger partial charge in [-0.2, -0.15) is 0 Å². The number of amides is 1. The van der Waals surface area contributed by atoms with Crippen molar-refractivity contribution in [2.75, 3.05) is 5.32 Å². The van der Waals surface area contributed by atoms with Crippen molar-refractivity contribution in [3.8, 4) is 0 Å². The first kappa shape index (κ1) is 14.1. The topological polar surface area (TPSA) is 29.1 Å². The molecule has 1 N–H and O–H groups in total. The molecule has 6 heteroatoms. The van der Waals surface area contributed by atoms with Crippen LogP contribution in [0.3, 0.4) is 0 Å². The van der Waals surface area contributed by atoms with E-state index in [0.29, 0.717) is 11.3 Å². The molecule has 19 heavy (non-hydrogen) atoms. The van der Waals surface area contributed by atoms with Crippen LogP contribution in [-0.4, -0.2) is 5.91 Å². The van der Waals surface area contributed by atoms with Gasteiger partial charge in [-0.3, -0.25) is 4.79 Å². The third-order valence-electron chi connectivity index (χ3n) is 2.58. The molecule has 2 rings (SSSR count). The van der Waals surface area contributed by atoms with Crippen LogP contribution < -0.4 is 5.32 Å². The highest BCUT2D eigenvalue weighted by Gasteiger charge is 2.17. The van der Waals surface area contributed by atoms with Crippen LogP contribution in [0.15, 0.2) is 28.1 Å². The van der Waals surface area contributed by atoms with Gasteiger partial charge >= 0.3 is 0 Å². The first-order valence-corrected chi connectivity index (χ1v) is 7.22. The molecule has 0 aliphatic rings. The smallest absolute Gasteiger partial charge is 0.266 e. The molecule has 0 saturated heterocycles. The van der Waals surface area contributed by atoms with Crippen molar-refractivity contribution in [1.82, 2.24) is 0 Å². The van der Waals surface area contributed by atoms with E-state index in [9.17, 15) is 13.6 Å². The van der Waals surface area contributed by atoms with Gasteiger partial charge in [-0.05, 0) is 35.6 Å². The molecule has 0 spiro atoms. The van der Waals surface area contributed by atoms with Crippen LogP contribution in [0.4, 0.5) is 14.5 Å². The van der Waals surface area contributed by atoms with Gasteiger partial charge in [0.1, 0.15) is 5.69 Å². The van der Waals surface area contributed by atoms with Crippen molar-refractivity contribution < 1.29 is 13.6 Å². The second-order valence-electron chi connectivity index (χ2n) is 3.83. The first-order chi connectivity index (χ1) is 9.02. The molecule has 100 valence electrons. The summed E-state index contributed by atoms with van der Waals surface area (Å²) in [4.78, 5) is 12.5. The average Bonchev–Trinajstić information content (AvgIpc) is 2.81. The van der Waals surface area contributed by atoms with Crippen molar-refractivity contribution in [1.29, 1.82) is 0 Å². The molecule has 1 amide bonds. The third kappa shape index (κ3) is 3.01. The summed E-state index contributed by atoms with van der Waals surface area (Å²) in [6, 6.07) is 4.04. The molecule has 1 aromatic heterocycles. The fourth-order valence-corrected chi connectivity index (χ4v) is 2.94. The molecule has 0 fully saturated rings. The standard InChI is InChI=1S/C13H10BrF2NOS/c1-2-7-3-4-19-12(7)13(18)17-11-9(15)5-8(14)6-10(11)16/h3-6H,2H2,1H3,(H,17,18). The molecule has 1 heterocycles. The normalized spacial score (nSPS) is 10.5. The van der Waals surface area contributed by atoms with Crippen LogP contribution >= 0.6 is 27.3 Å². The maximum absolute atomic E-state index is 13.6. The molecule has 0 atom stereocenters. The van der Waals surface area contributed by atoms with Crippen molar-refractivity contribution in [3.63, 3.8) is 0 Å². The van der Waals surface area contributed by atoms with Gasteiger partial charge in [-0.25, -0.2) is 8.78 Å². The number of carbonyl (C=O) groups is 1. The number of carbonyl (C=O) groups excluding carboxylic acids is 1. The van der Waals surface area contributed by atoms with E-state index in [2.05, 4.69) is 21.2 Å². The maximum atomic E-state index is 13.6. The lowest BCUT2D eigenvalue weighted by molar-refractivity contribution is 0.102.